The van der Waals surface area contributed by atoms with Gasteiger partial charge in [0.05, 0.1) is 18.4 Å². The molecule has 5 nitrogen and oxygen atoms in total. The number of ketones is 1. The summed E-state index contributed by atoms with van der Waals surface area (Å²) in [5.74, 6) is 1.23. The lowest BCUT2D eigenvalue weighted by Gasteiger charge is -2.09. The number of fused-ring (bicyclic) bond motifs is 4. The molecule has 2 aromatic heterocycles. The van der Waals surface area contributed by atoms with Crippen LogP contribution < -0.4 is 4.74 Å². The van der Waals surface area contributed by atoms with Crippen molar-refractivity contribution in [2.75, 3.05) is 12.9 Å². The zero-order valence-corrected chi connectivity index (χ0v) is 17.3. The van der Waals surface area contributed by atoms with Crippen LogP contribution in [0.25, 0.3) is 16.6 Å². The standard InChI is InChI=1S/C23H21N3O2S/c1-14-10-22-24-25-23(26(22)20-12-18(28-2)8-9-19(14)20)29-13-21(27)17-7-6-15-4-3-5-16(15)11-17/h6-12H,3-5,13H2,1-2H3. The van der Waals surface area contributed by atoms with E-state index in [0.29, 0.717) is 10.9 Å². The lowest BCUT2D eigenvalue weighted by atomic mass is 10.0. The molecule has 2 aromatic carbocycles. The van der Waals surface area contributed by atoms with Crippen LogP contribution in [0.15, 0.2) is 47.6 Å². The maximum absolute atomic E-state index is 12.8. The van der Waals surface area contributed by atoms with E-state index in [1.165, 1.54) is 29.3 Å². The first-order valence-corrected chi connectivity index (χ1v) is 10.7. The highest BCUT2D eigenvalue weighted by molar-refractivity contribution is 7.99. The third-order valence-electron chi connectivity index (χ3n) is 5.63. The smallest absolute Gasteiger partial charge is 0.196 e. The predicted octanol–water partition coefficient (Wildman–Crippen LogP) is 4.66. The van der Waals surface area contributed by atoms with Crippen molar-refractivity contribution in [2.45, 2.75) is 31.3 Å². The van der Waals surface area contributed by atoms with Gasteiger partial charge in [-0.2, -0.15) is 0 Å². The molecule has 0 bridgehead atoms. The molecule has 0 spiro atoms. The zero-order valence-electron chi connectivity index (χ0n) is 16.4. The number of carbonyl (C=O) groups excluding carboxylic acids is 1. The Hall–Kier alpha value is -2.86. The van der Waals surface area contributed by atoms with E-state index in [0.717, 1.165) is 46.3 Å². The van der Waals surface area contributed by atoms with Gasteiger partial charge in [-0.05, 0) is 67.1 Å². The Morgan fingerprint density at radius 2 is 1.97 bits per heavy atom. The Kier molecular flexibility index (Phi) is 4.51. The third-order valence-corrected chi connectivity index (χ3v) is 6.56. The molecule has 4 aromatic rings. The molecule has 1 aliphatic rings. The number of hydrogen-bond acceptors (Lipinski definition) is 5. The molecule has 0 radical (unpaired) electrons. The Balaban J connectivity index is 1.47. The second-order valence-corrected chi connectivity index (χ2v) is 8.38. The average Bonchev–Trinajstić information content (AvgIpc) is 3.37. The number of ether oxygens (including phenoxy) is 1. The van der Waals surface area contributed by atoms with Crippen LogP contribution in [0.3, 0.4) is 0 Å². The highest BCUT2D eigenvalue weighted by atomic mass is 32.2. The fraction of sp³-hybridized carbons (Fsp3) is 0.261. The summed E-state index contributed by atoms with van der Waals surface area (Å²) in [5, 5.41) is 10.5. The van der Waals surface area contributed by atoms with Gasteiger partial charge in [0.2, 0.25) is 0 Å². The number of aromatic nitrogens is 3. The van der Waals surface area contributed by atoms with Crippen LogP contribution in [-0.2, 0) is 12.8 Å². The van der Waals surface area contributed by atoms with Crippen molar-refractivity contribution in [1.82, 2.24) is 14.6 Å². The maximum Gasteiger partial charge on any atom is 0.196 e. The van der Waals surface area contributed by atoms with Crippen LogP contribution in [0.2, 0.25) is 0 Å². The molecule has 0 amide bonds. The van der Waals surface area contributed by atoms with Gasteiger partial charge in [-0.15, -0.1) is 10.2 Å². The number of rotatable bonds is 5. The number of Topliss-reactive ketones (excluding diaryl/α,β-unsaturated/α-hetero) is 1. The molecule has 0 N–H and O–H groups in total. The average molecular weight is 404 g/mol. The van der Waals surface area contributed by atoms with Gasteiger partial charge in [0.25, 0.3) is 0 Å². The topological polar surface area (TPSA) is 56.5 Å². The Bertz CT molecular complexity index is 1260. The molecule has 146 valence electrons. The van der Waals surface area contributed by atoms with Crippen LogP contribution in [0.1, 0.15) is 33.5 Å². The van der Waals surface area contributed by atoms with E-state index in [1.807, 2.05) is 34.7 Å². The number of hydrogen-bond donors (Lipinski definition) is 0. The number of nitrogens with zero attached hydrogens (tertiary/aromatic N) is 3. The summed E-state index contributed by atoms with van der Waals surface area (Å²) in [4.78, 5) is 12.8. The van der Waals surface area contributed by atoms with Crippen molar-refractivity contribution < 1.29 is 9.53 Å². The maximum atomic E-state index is 12.8. The van der Waals surface area contributed by atoms with Gasteiger partial charge >= 0.3 is 0 Å². The number of methoxy groups -OCH3 is 1. The quantitative estimate of drug-likeness (QED) is 0.358. The molecule has 2 heterocycles. The highest BCUT2D eigenvalue weighted by Crippen LogP contribution is 2.29. The summed E-state index contributed by atoms with van der Waals surface area (Å²) in [6, 6.07) is 14.1. The van der Waals surface area contributed by atoms with Crippen molar-refractivity contribution in [3.05, 3.63) is 64.7 Å². The SMILES string of the molecule is COc1ccc2c(C)cc3nnc(SCC(=O)c4ccc5c(c4)CCC5)n3c2c1. The minimum absolute atomic E-state index is 0.121. The second-order valence-electron chi connectivity index (χ2n) is 7.44. The predicted molar refractivity (Wildman–Crippen MR) is 115 cm³/mol. The van der Waals surface area contributed by atoms with Gasteiger partial charge in [0.1, 0.15) is 5.75 Å². The molecular weight excluding hydrogens is 382 g/mol. The number of benzene rings is 2. The van der Waals surface area contributed by atoms with Crippen LogP contribution >= 0.6 is 11.8 Å². The molecule has 0 saturated heterocycles. The first kappa shape index (κ1) is 18.2. The summed E-state index contributed by atoms with van der Waals surface area (Å²) < 4.78 is 7.41. The van der Waals surface area contributed by atoms with Gasteiger partial charge in [0, 0.05) is 17.0 Å². The number of pyridine rings is 1. The lowest BCUT2D eigenvalue weighted by molar-refractivity contribution is 0.102. The molecule has 1 aliphatic carbocycles. The molecule has 0 atom stereocenters. The molecule has 29 heavy (non-hydrogen) atoms. The van der Waals surface area contributed by atoms with E-state index in [9.17, 15) is 4.79 Å². The van der Waals surface area contributed by atoms with Crippen molar-refractivity contribution in [1.29, 1.82) is 0 Å². The Morgan fingerprint density at radius 1 is 1.10 bits per heavy atom. The van der Waals surface area contributed by atoms with Crippen LogP contribution in [0.4, 0.5) is 0 Å². The van der Waals surface area contributed by atoms with E-state index in [4.69, 9.17) is 4.74 Å². The first-order chi connectivity index (χ1) is 14.1. The molecule has 6 heteroatoms. The summed E-state index contributed by atoms with van der Waals surface area (Å²) in [6.07, 6.45) is 3.38. The number of thioether (sulfide) groups is 1. The van der Waals surface area contributed by atoms with E-state index < -0.39 is 0 Å². The Morgan fingerprint density at radius 3 is 2.83 bits per heavy atom. The monoisotopic (exact) mass is 403 g/mol. The van der Waals surface area contributed by atoms with Gasteiger partial charge in [0.15, 0.2) is 16.6 Å². The van der Waals surface area contributed by atoms with E-state index in [-0.39, 0.29) is 5.78 Å². The summed E-state index contributed by atoms with van der Waals surface area (Å²) in [6.45, 7) is 2.06. The third kappa shape index (κ3) is 3.17. The summed E-state index contributed by atoms with van der Waals surface area (Å²) >= 11 is 1.43. The second kappa shape index (κ2) is 7.19. The molecule has 5 rings (SSSR count). The number of carbonyl (C=O) groups is 1. The molecule has 0 saturated carbocycles. The van der Waals surface area contributed by atoms with Gasteiger partial charge in [-0.3, -0.25) is 9.20 Å². The first-order valence-electron chi connectivity index (χ1n) is 9.74. The van der Waals surface area contributed by atoms with Crippen molar-refractivity contribution in [3.63, 3.8) is 0 Å². The van der Waals surface area contributed by atoms with Crippen LogP contribution in [0.5, 0.6) is 5.75 Å². The number of aryl methyl sites for hydroxylation is 3. The highest BCUT2D eigenvalue weighted by Gasteiger charge is 2.17. The fourth-order valence-electron chi connectivity index (χ4n) is 4.08. The van der Waals surface area contributed by atoms with Gasteiger partial charge < -0.3 is 4.74 Å². The molecule has 0 fully saturated rings. The minimum Gasteiger partial charge on any atom is -0.497 e. The minimum atomic E-state index is 0.121. The van der Waals surface area contributed by atoms with Crippen molar-refractivity contribution in [3.8, 4) is 5.75 Å². The van der Waals surface area contributed by atoms with Crippen molar-refractivity contribution >= 4 is 34.1 Å². The Labute approximate surface area is 173 Å². The fourth-order valence-corrected chi connectivity index (χ4v) is 4.93. The van der Waals surface area contributed by atoms with Gasteiger partial charge in [-0.25, -0.2) is 0 Å². The van der Waals surface area contributed by atoms with Crippen LogP contribution in [-0.4, -0.2) is 33.2 Å². The van der Waals surface area contributed by atoms with E-state index in [2.05, 4.69) is 29.3 Å². The largest absolute Gasteiger partial charge is 0.497 e. The van der Waals surface area contributed by atoms with Crippen LogP contribution in [0, 0.1) is 6.92 Å². The van der Waals surface area contributed by atoms with Crippen molar-refractivity contribution in [2.24, 2.45) is 0 Å². The van der Waals surface area contributed by atoms with Gasteiger partial charge in [-0.1, -0.05) is 23.9 Å². The molecule has 0 unspecified atom stereocenters. The van der Waals surface area contributed by atoms with E-state index in [1.54, 1.807) is 7.11 Å². The lowest BCUT2D eigenvalue weighted by Crippen LogP contribution is -2.04. The molecule has 0 aliphatic heterocycles. The molecular formula is C23H21N3O2S. The zero-order chi connectivity index (χ0) is 20.0. The summed E-state index contributed by atoms with van der Waals surface area (Å²) in [7, 11) is 1.66. The van der Waals surface area contributed by atoms with E-state index >= 15 is 0 Å². The summed E-state index contributed by atoms with van der Waals surface area (Å²) in [5.41, 5.74) is 6.38. The normalized spacial score (nSPS) is 13.2.